The van der Waals surface area contributed by atoms with Crippen molar-refractivity contribution in [3.05, 3.63) is 57.6 Å². The lowest BCUT2D eigenvalue weighted by atomic mass is 10.1. The Morgan fingerprint density at radius 3 is 2.15 bits per heavy atom. The summed E-state index contributed by atoms with van der Waals surface area (Å²) in [6.07, 6.45) is 0. The van der Waals surface area contributed by atoms with Crippen LogP contribution < -0.4 is 10.6 Å². The van der Waals surface area contributed by atoms with E-state index in [1.165, 1.54) is 16.8 Å². The molecule has 20 heavy (non-hydrogen) atoms. The van der Waals surface area contributed by atoms with Gasteiger partial charge in [-0.05, 0) is 77.7 Å². The van der Waals surface area contributed by atoms with Crippen molar-refractivity contribution in [1.82, 2.24) is 0 Å². The molecule has 0 saturated heterocycles. The van der Waals surface area contributed by atoms with Crippen LogP contribution in [0.4, 0.5) is 11.4 Å². The van der Waals surface area contributed by atoms with E-state index in [1.54, 1.807) is 0 Å². The Labute approximate surface area is 129 Å². The predicted octanol–water partition coefficient (Wildman–Crippen LogP) is 4.85. The molecule has 0 unspecified atom stereocenters. The Kier molecular flexibility index (Phi) is 4.51. The van der Waals surface area contributed by atoms with Gasteiger partial charge in [0.25, 0.3) is 0 Å². The summed E-state index contributed by atoms with van der Waals surface area (Å²) >= 11 is 3.65. The topological polar surface area (TPSA) is 29.3 Å². The zero-order chi connectivity index (χ0) is 14.9. The van der Waals surface area contributed by atoms with E-state index in [-0.39, 0.29) is 6.04 Å². The minimum atomic E-state index is 0.0480. The van der Waals surface area contributed by atoms with Gasteiger partial charge in [-0.1, -0.05) is 12.1 Å². The van der Waals surface area contributed by atoms with Crippen molar-refractivity contribution in [2.75, 3.05) is 11.9 Å². The summed E-state index contributed by atoms with van der Waals surface area (Å²) in [6, 6.07) is 12.9. The number of nitrogens with two attached hydrogens (primary N) is 1. The van der Waals surface area contributed by atoms with Gasteiger partial charge in [0.2, 0.25) is 0 Å². The lowest BCUT2D eigenvalue weighted by molar-refractivity contribution is 0.817. The molecule has 0 aliphatic carbocycles. The number of hydrogen-bond donors (Lipinski definition) is 1. The fourth-order valence-electron chi connectivity index (χ4n) is 2.36. The molecule has 0 fully saturated rings. The van der Waals surface area contributed by atoms with Gasteiger partial charge in [-0.3, -0.25) is 0 Å². The molecule has 0 saturated carbocycles. The summed E-state index contributed by atoms with van der Waals surface area (Å²) in [7, 11) is 2.08. The normalized spacial score (nSPS) is 12.3. The highest BCUT2D eigenvalue weighted by Gasteiger charge is 2.10. The zero-order valence-corrected chi connectivity index (χ0v) is 14.0. The average Bonchev–Trinajstić information content (AvgIpc) is 2.36. The van der Waals surface area contributed by atoms with Crippen molar-refractivity contribution < 1.29 is 0 Å². The first-order valence-electron chi connectivity index (χ1n) is 6.75. The Balaban J connectivity index is 2.40. The van der Waals surface area contributed by atoms with E-state index in [0.29, 0.717) is 0 Å². The maximum Gasteiger partial charge on any atom is 0.0552 e. The first-order valence-corrected chi connectivity index (χ1v) is 7.55. The fraction of sp³-hybridized carbons (Fsp3) is 0.294. The Morgan fingerprint density at radius 2 is 1.65 bits per heavy atom. The highest BCUT2D eigenvalue weighted by atomic mass is 79.9. The Bertz CT molecular complexity index is 600. The molecule has 0 aromatic heterocycles. The van der Waals surface area contributed by atoms with Crippen LogP contribution in [0.25, 0.3) is 0 Å². The Morgan fingerprint density at radius 1 is 1.05 bits per heavy atom. The largest absolute Gasteiger partial charge is 0.344 e. The van der Waals surface area contributed by atoms with Gasteiger partial charge in [0.15, 0.2) is 0 Å². The van der Waals surface area contributed by atoms with Gasteiger partial charge in [0.05, 0.1) is 5.69 Å². The van der Waals surface area contributed by atoms with E-state index in [4.69, 9.17) is 5.73 Å². The number of anilines is 2. The third-order valence-corrected chi connectivity index (χ3v) is 4.09. The van der Waals surface area contributed by atoms with Crippen molar-refractivity contribution in [1.29, 1.82) is 0 Å². The molecule has 0 bridgehead atoms. The van der Waals surface area contributed by atoms with E-state index in [1.807, 2.05) is 6.92 Å². The molecule has 0 heterocycles. The monoisotopic (exact) mass is 332 g/mol. The van der Waals surface area contributed by atoms with E-state index in [2.05, 4.69) is 78.1 Å². The summed E-state index contributed by atoms with van der Waals surface area (Å²) in [5, 5.41) is 0. The van der Waals surface area contributed by atoms with Crippen LogP contribution in [-0.4, -0.2) is 7.05 Å². The molecular formula is C17H21BrN2. The molecule has 3 heteroatoms. The third-order valence-electron chi connectivity index (χ3n) is 3.45. The minimum Gasteiger partial charge on any atom is -0.344 e. The maximum atomic E-state index is 5.93. The summed E-state index contributed by atoms with van der Waals surface area (Å²) in [4.78, 5) is 2.19. The highest BCUT2D eigenvalue weighted by molar-refractivity contribution is 9.10. The fourth-order valence-corrected chi connectivity index (χ4v) is 3.02. The molecule has 2 aromatic carbocycles. The number of rotatable bonds is 3. The molecule has 1 atom stereocenters. The van der Waals surface area contributed by atoms with Crippen LogP contribution in [-0.2, 0) is 0 Å². The summed E-state index contributed by atoms with van der Waals surface area (Å²) < 4.78 is 1.06. The van der Waals surface area contributed by atoms with Gasteiger partial charge in [-0.25, -0.2) is 0 Å². The van der Waals surface area contributed by atoms with Gasteiger partial charge in [-0.2, -0.15) is 0 Å². The average molecular weight is 333 g/mol. The van der Waals surface area contributed by atoms with Crippen molar-refractivity contribution in [2.24, 2.45) is 5.73 Å². The highest BCUT2D eigenvalue weighted by Crippen LogP contribution is 2.33. The van der Waals surface area contributed by atoms with Crippen LogP contribution in [0, 0.1) is 13.8 Å². The zero-order valence-electron chi connectivity index (χ0n) is 12.4. The SMILES string of the molecule is Cc1cc(C)cc(N(C)c2ccc([C@@H](C)N)cc2Br)c1. The first kappa shape index (κ1) is 15.1. The quantitative estimate of drug-likeness (QED) is 0.870. The lowest BCUT2D eigenvalue weighted by Gasteiger charge is -2.23. The van der Waals surface area contributed by atoms with Crippen LogP contribution in [0.1, 0.15) is 29.7 Å². The molecule has 106 valence electrons. The standard InChI is InChI=1S/C17H21BrN2/c1-11-7-12(2)9-15(8-11)20(4)17-6-5-14(13(3)19)10-16(17)18/h5-10,13H,19H2,1-4H3/t13-/m1/s1. The maximum absolute atomic E-state index is 5.93. The Hall–Kier alpha value is -1.32. The van der Waals surface area contributed by atoms with Crippen molar-refractivity contribution in [3.8, 4) is 0 Å². The molecule has 0 amide bonds. The predicted molar refractivity (Wildman–Crippen MR) is 90.7 cm³/mol. The van der Waals surface area contributed by atoms with Crippen LogP contribution in [0.3, 0.4) is 0 Å². The molecule has 0 spiro atoms. The summed E-state index contributed by atoms with van der Waals surface area (Å²) in [6.45, 7) is 6.24. The van der Waals surface area contributed by atoms with Crippen LogP contribution in [0.5, 0.6) is 0 Å². The van der Waals surface area contributed by atoms with E-state index < -0.39 is 0 Å². The van der Waals surface area contributed by atoms with Gasteiger partial charge < -0.3 is 10.6 Å². The molecule has 2 rings (SSSR count). The van der Waals surface area contributed by atoms with Crippen LogP contribution in [0.15, 0.2) is 40.9 Å². The number of halogens is 1. The summed E-state index contributed by atoms with van der Waals surface area (Å²) in [5.74, 6) is 0. The van der Waals surface area contributed by atoms with Crippen molar-refractivity contribution in [3.63, 3.8) is 0 Å². The second-order valence-electron chi connectivity index (χ2n) is 5.40. The van der Waals surface area contributed by atoms with Gasteiger partial charge in [-0.15, -0.1) is 0 Å². The molecular weight excluding hydrogens is 312 g/mol. The number of aryl methyl sites for hydroxylation is 2. The van der Waals surface area contributed by atoms with E-state index in [9.17, 15) is 0 Å². The third kappa shape index (κ3) is 3.22. The molecule has 0 aliphatic rings. The first-order chi connectivity index (χ1) is 9.38. The second kappa shape index (κ2) is 5.98. The number of nitrogens with zero attached hydrogens (tertiary/aromatic N) is 1. The van der Waals surface area contributed by atoms with Gasteiger partial charge in [0, 0.05) is 23.2 Å². The number of benzene rings is 2. The van der Waals surface area contributed by atoms with E-state index in [0.717, 1.165) is 15.7 Å². The van der Waals surface area contributed by atoms with Gasteiger partial charge >= 0.3 is 0 Å². The second-order valence-corrected chi connectivity index (χ2v) is 6.26. The molecule has 2 nitrogen and oxygen atoms in total. The van der Waals surface area contributed by atoms with Gasteiger partial charge in [0.1, 0.15) is 0 Å². The van der Waals surface area contributed by atoms with Crippen LogP contribution in [0.2, 0.25) is 0 Å². The lowest BCUT2D eigenvalue weighted by Crippen LogP contribution is -2.11. The minimum absolute atomic E-state index is 0.0480. The van der Waals surface area contributed by atoms with Crippen molar-refractivity contribution >= 4 is 27.3 Å². The molecule has 2 aromatic rings. The smallest absolute Gasteiger partial charge is 0.0552 e. The summed E-state index contributed by atoms with van der Waals surface area (Å²) in [5.41, 5.74) is 11.9. The molecule has 2 N–H and O–H groups in total. The van der Waals surface area contributed by atoms with Crippen molar-refractivity contribution in [2.45, 2.75) is 26.8 Å². The molecule has 0 radical (unpaired) electrons. The van der Waals surface area contributed by atoms with Crippen LogP contribution >= 0.6 is 15.9 Å². The number of hydrogen-bond acceptors (Lipinski definition) is 2. The molecule has 0 aliphatic heterocycles. The van der Waals surface area contributed by atoms with E-state index >= 15 is 0 Å².